The summed E-state index contributed by atoms with van der Waals surface area (Å²) in [5, 5.41) is 10.5. The Kier molecular flexibility index (Phi) is 4.70. The molecule has 0 fully saturated rings. The molecule has 0 saturated heterocycles. The Hall–Kier alpha value is -3.28. The highest BCUT2D eigenvalue weighted by Crippen LogP contribution is 2.27. The summed E-state index contributed by atoms with van der Waals surface area (Å²) < 4.78 is 15.4. The highest BCUT2D eigenvalue weighted by atomic mass is 16.5. The van der Waals surface area contributed by atoms with Crippen molar-refractivity contribution < 1.29 is 23.5 Å². The van der Waals surface area contributed by atoms with Crippen molar-refractivity contribution in [3.8, 4) is 5.75 Å². The molecule has 1 aromatic carbocycles. The van der Waals surface area contributed by atoms with Gasteiger partial charge in [0.15, 0.2) is 0 Å². The first-order chi connectivity index (χ1) is 12.1. The predicted molar refractivity (Wildman–Crippen MR) is 91.1 cm³/mol. The second-order valence-electron chi connectivity index (χ2n) is 5.38. The summed E-state index contributed by atoms with van der Waals surface area (Å²) in [5.41, 5.74) is 0.903. The minimum Gasteiger partial charge on any atom is -0.508 e. The quantitative estimate of drug-likeness (QED) is 0.435. The van der Waals surface area contributed by atoms with Crippen LogP contribution in [-0.4, -0.2) is 11.1 Å². The summed E-state index contributed by atoms with van der Waals surface area (Å²) >= 11 is 0. The average molecular weight is 340 g/mol. The third-order valence-corrected chi connectivity index (χ3v) is 3.71. The highest BCUT2D eigenvalue weighted by Gasteiger charge is 2.11. The molecule has 0 saturated carbocycles. The van der Waals surface area contributed by atoms with Crippen LogP contribution in [0, 0.1) is 0 Å². The van der Waals surface area contributed by atoms with Gasteiger partial charge in [-0.1, -0.05) is 6.92 Å². The molecular formula is C19H16O6. The molecule has 3 rings (SSSR count). The number of carbonyl (C=O) groups excluding carboxylic acids is 1. The minimum atomic E-state index is -0.576. The third kappa shape index (κ3) is 3.80. The predicted octanol–water partition coefficient (Wildman–Crippen LogP) is 3.41. The summed E-state index contributed by atoms with van der Waals surface area (Å²) in [7, 11) is 0. The zero-order valence-corrected chi connectivity index (χ0v) is 13.5. The number of furan rings is 1. The van der Waals surface area contributed by atoms with Crippen LogP contribution in [0.4, 0.5) is 0 Å². The molecule has 2 aromatic heterocycles. The van der Waals surface area contributed by atoms with Crippen LogP contribution in [-0.2, 0) is 22.6 Å². The maximum atomic E-state index is 11.8. The summed E-state index contributed by atoms with van der Waals surface area (Å²) in [6, 6.07) is 7.83. The van der Waals surface area contributed by atoms with Gasteiger partial charge >= 0.3 is 11.6 Å². The zero-order valence-electron chi connectivity index (χ0n) is 13.5. The fourth-order valence-corrected chi connectivity index (χ4v) is 2.44. The second kappa shape index (κ2) is 7.09. The number of aromatic hydroxyl groups is 1. The van der Waals surface area contributed by atoms with Crippen molar-refractivity contribution in [1.29, 1.82) is 0 Å². The Morgan fingerprint density at radius 1 is 1.28 bits per heavy atom. The van der Waals surface area contributed by atoms with E-state index in [9.17, 15) is 14.7 Å². The van der Waals surface area contributed by atoms with Gasteiger partial charge in [-0.05, 0) is 36.3 Å². The van der Waals surface area contributed by atoms with Crippen LogP contribution in [0.15, 0.2) is 56.3 Å². The lowest BCUT2D eigenvalue weighted by Gasteiger charge is -2.08. The Balaban J connectivity index is 1.83. The van der Waals surface area contributed by atoms with Crippen LogP contribution in [0.2, 0.25) is 0 Å². The normalized spacial score (nSPS) is 11.2. The molecule has 2 heterocycles. The zero-order chi connectivity index (χ0) is 17.8. The molecule has 25 heavy (non-hydrogen) atoms. The van der Waals surface area contributed by atoms with Crippen molar-refractivity contribution in [3.05, 3.63) is 70.0 Å². The van der Waals surface area contributed by atoms with Gasteiger partial charge in [0, 0.05) is 29.2 Å². The molecule has 0 radical (unpaired) electrons. The molecule has 0 aliphatic carbocycles. The van der Waals surface area contributed by atoms with E-state index in [2.05, 4.69) is 0 Å². The Labute approximate surface area is 143 Å². The average Bonchev–Trinajstić information content (AvgIpc) is 3.10. The lowest BCUT2D eigenvalue weighted by Crippen LogP contribution is -2.06. The molecular weight excluding hydrogens is 324 g/mol. The molecule has 0 spiro atoms. The standard InChI is InChI=1S/C19H16O6/c1-2-12-8-15-13(9-19(22)25-17(15)10-16(12)20)11-24-18(21)6-5-14-4-3-7-23-14/h3-10,20H,2,11H2,1H3/b6-5+. The van der Waals surface area contributed by atoms with E-state index in [-0.39, 0.29) is 17.9 Å². The fourth-order valence-electron chi connectivity index (χ4n) is 2.44. The van der Waals surface area contributed by atoms with Gasteiger partial charge in [-0.3, -0.25) is 0 Å². The number of fused-ring (bicyclic) bond motifs is 1. The molecule has 0 aliphatic heterocycles. The number of esters is 1. The largest absolute Gasteiger partial charge is 0.508 e. The number of benzene rings is 1. The van der Waals surface area contributed by atoms with Gasteiger partial charge < -0.3 is 18.7 Å². The van der Waals surface area contributed by atoms with Gasteiger partial charge in [0.2, 0.25) is 0 Å². The molecule has 0 atom stereocenters. The number of rotatable bonds is 5. The molecule has 3 aromatic rings. The second-order valence-corrected chi connectivity index (χ2v) is 5.38. The molecule has 0 amide bonds. The van der Waals surface area contributed by atoms with E-state index in [0.29, 0.717) is 28.7 Å². The number of carbonyl (C=O) groups is 1. The summed E-state index contributed by atoms with van der Waals surface area (Å²) in [5.74, 6) is 0.0341. The van der Waals surface area contributed by atoms with Crippen LogP contribution < -0.4 is 5.63 Å². The van der Waals surface area contributed by atoms with E-state index in [0.717, 1.165) is 0 Å². The minimum absolute atomic E-state index is 0.0636. The summed E-state index contributed by atoms with van der Waals surface area (Å²) in [6.45, 7) is 1.82. The van der Waals surface area contributed by atoms with Gasteiger partial charge in [-0.2, -0.15) is 0 Å². The Morgan fingerprint density at radius 3 is 2.84 bits per heavy atom. The molecule has 1 N–H and O–H groups in total. The maximum absolute atomic E-state index is 11.8. The van der Waals surface area contributed by atoms with Crippen molar-refractivity contribution in [2.24, 2.45) is 0 Å². The monoisotopic (exact) mass is 340 g/mol. The van der Waals surface area contributed by atoms with Crippen molar-refractivity contribution in [3.63, 3.8) is 0 Å². The van der Waals surface area contributed by atoms with Crippen molar-refractivity contribution in [2.75, 3.05) is 0 Å². The van der Waals surface area contributed by atoms with Crippen molar-refractivity contribution in [1.82, 2.24) is 0 Å². The van der Waals surface area contributed by atoms with Crippen molar-refractivity contribution >= 4 is 23.0 Å². The lowest BCUT2D eigenvalue weighted by molar-refractivity contribution is -0.138. The van der Waals surface area contributed by atoms with Gasteiger partial charge in [0.25, 0.3) is 0 Å². The number of hydrogen-bond donors (Lipinski definition) is 1. The van der Waals surface area contributed by atoms with Crippen molar-refractivity contribution in [2.45, 2.75) is 20.0 Å². The van der Waals surface area contributed by atoms with E-state index in [4.69, 9.17) is 13.6 Å². The topological polar surface area (TPSA) is 89.9 Å². The fraction of sp³-hybridized carbons (Fsp3) is 0.158. The van der Waals surface area contributed by atoms with E-state index < -0.39 is 11.6 Å². The lowest BCUT2D eigenvalue weighted by atomic mass is 10.0. The van der Waals surface area contributed by atoms with Gasteiger partial charge in [0.05, 0.1) is 6.26 Å². The van der Waals surface area contributed by atoms with Crippen LogP contribution in [0.5, 0.6) is 5.75 Å². The maximum Gasteiger partial charge on any atom is 0.336 e. The number of aryl methyl sites for hydroxylation is 1. The molecule has 0 aliphatic rings. The smallest absolute Gasteiger partial charge is 0.336 e. The molecule has 0 unspecified atom stereocenters. The van der Waals surface area contributed by atoms with Gasteiger partial charge in [-0.15, -0.1) is 0 Å². The first kappa shape index (κ1) is 16.6. The summed E-state index contributed by atoms with van der Waals surface area (Å²) in [4.78, 5) is 23.5. The van der Waals surface area contributed by atoms with Gasteiger partial charge in [-0.25, -0.2) is 9.59 Å². The SMILES string of the molecule is CCc1cc2c(COC(=O)/C=C/c3ccco3)cc(=O)oc2cc1O. The van der Waals surface area contributed by atoms with E-state index >= 15 is 0 Å². The third-order valence-electron chi connectivity index (χ3n) is 3.71. The highest BCUT2D eigenvalue weighted by molar-refractivity contribution is 5.87. The number of ether oxygens (including phenoxy) is 1. The van der Waals surface area contributed by atoms with Crippen LogP contribution >= 0.6 is 0 Å². The van der Waals surface area contributed by atoms with E-state index in [1.807, 2.05) is 6.92 Å². The number of hydrogen-bond acceptors (Lipinski definition) is 6. The first-order valence-corrected chi connectivity index (χ1v) is 7.74. The molecule has 6 nitrogen and oxygen atoms in total. The number of phenols is 1. The Bertz CT molecular complexity index is 979. The van der Waals surface area contributed by atoms with Crippen LogP contribution in [0.25, 0.3) is 17.0 Å². The summed E-state index contributed by atoms with van der Waals surface area (Å²) in [6.07, 6.45) is 4.86. The number of phenolic OH excluding ortho intramolecular Hbond substituents is 1. The van der Waals surface area contributed by atoms with Crippen LogP contribution in [0.3, 0.4) is 0 Å². The molecule has 6 heteroatoms. The first-order valence-electron chi connectivity index (χ1n) is 7.74. The van der Waals surface area contributed by atoms with E-state index in [1.54, 1.807) is 18.2 Å². The molecule has 128 valence electrons. The van der Waals surface area contributed by atoms with Crippen LogP contribution in [0.1, 0.15) is 23.8 Å². The van der Waals surface area contributed by atoms with Gasteiger partial charge in [0.1, 0.15) is 23.7 Å². The Morgan fingerprint density at radius 2 is 2.12 bits per heavy atom. The molecule has 0 bridgehead atoms. The van der Waals surface area contributed by atoms with E-state index in [1.165, 1.54) is 30.5 Å².